The second kappa shape index (κ2) is 10.1. The maximum atomic E-state index is 12.2. The van der Waals surface area contributed by atoms with Crippen molar-refractivity contribution in [2.24, 2.45) is 0 Å². The topological polar surface area (TPSA) is 71.1 Å². The monoisotopic (exact) mass is 406 g/mol. The number of methoxy groups -OCH3 is 1. The largest absolute Gasteiger partial charge is 0.497 e. The molecular formula is C24H22O6. The predicted octanol–water partition coefficient (Wildman–Crippen LogP) is 4.52. The van der Waals surface area contributed by atoms with Crippen molar-refractivity contribution in [3.63, 3.8) is 0 Å². The maximum absolute atomic E-state index is 12.2. The van der Waals surface area contributed by atoms with E-state index in [1.807, 2.05) is 24.3 Å². The summed E-state index contributed by atoms with van der Waals surface area (Å²) in [6.07, 6.45) is 0. The SMILES string of the molecule is COc1ccc(OCCOC(=O)c2ccc(-c3ccc(OC(C)=O)cc3)cc2)cc1. The van der Waals surface area contributed by atoms with E-state index in [4.69, 9.17) is 18.9 Å². The summed E-state index contributed by atoms with van der Waals surface area (Å²) in [6, 6.07) is 21.4. The molecule has 3 aromatic rings. The summed E-state index contributed by atoms with van der Waals surface area (Å²) in [5.41, 5.74) is 2.34. The van der Waals surface area contributed by atoms with Crippen LogP contribution in [0.4, 0.5) is 0 Å². The normalized spacial score (nSPS) is 10.2. The van der Waals surface area contributed by atoms with Crippen molar-refractivity contribution in [1.29, 1.82) is 0 Å². The lowest BCUT2D eigenvalue weighted by molar-refractivity contribution is -0.131. The minimum atomic E-state index is -0.412. The fraction of sp³-hybridized carbons (Fsp3) is 0.167. The van der Waals surface area contributed by atoms with E-state index < -0.39 is 5.97 Å². The number of ether oxygens (including phenoxy) is 4. The Morgan fingerprint density at radius 1 is 0.700 bits per heavy atom. The molecule has 0 saturated heterocycles. The van der Waals surface area contributed by atoms with Crippen molar-refractivity contribution in [1.82, 2.24) is 0 Å². The molecular weight excluding hydrogens is 384 g/mol. The summed E-state index contributed by atoms with van der Waals surface area (Å²) in [7, 11) is 1.60. The highest BCUT2D eigenvalue weighted by molar-refractivity contribution is 5.90. The van der Waals surface area contributed by atoms with Crippen LogP contribution in [-0.4, -0.2) is 32.3 Å². The Labute approximate surface area is 175 Å². The number of hydrogen-bond acceptors (Lipinski definition) is 6. The Hall–Kier alpha value is -3.80. The molecule has 0 bridgehead atoms. The summed E-state index contributed by atoms with van der Waals surface area (Å²) in [5, 5.41) is 0. The van der Waals surface area contributed by atoms with Gasteiger partial charge in [0.2, 0.25) is 0 Å². The fourth-order valence-electron chi connectivity index (χ4n) is 2.73. The average molecular weight is 406 g/mol. The summed E-state index contributed by atoms with van der Waals surface area (Å²) < 4.78 is 20.9. The smallest absolute Gasteiger partial charge is 0.338 e. The van der Waals surface area contributed by atoms with Gasteiger partial charge in [0.05, 0.1) is 12.7 Å². The van der Waals surface area contributed by atoms with Gasteiger partial charge in [-0.3, -0.25) is 4.79 Å². The molecule has 0 atom stereocenters. The lowest BCUT2D eigenvalue weighted by Gasteiger charge is -2.09. The third-order valence-corrected chi connectivity index (χ3v) is 4.21. The third kappa shape index (κ3) is 5.85. The Morgan fingerprint density at radius 2 is 1.23 bits per heavy atom. The van der Waals surface area contributed by atoms with Crippen LogP contribution in [0.1, 0.15) is 17.3 Å². The van der Waals surface area contributed by atoms with Gasteiger partial charge in [-0.2, -0.15) is 0 Å². The Balaban J connectivity index is 1.49. The molecule has 30 heavy (non-hydrogen) atoms. The van der Waals surface area contributed by atoms with Crippen LogP contribution in [-0.2, 0) is 9.53 Å². The summed E-state index contributed by atoms with van der Waals surface area (Å²) in [6.45, 7) is 1.76. The van der Waals surface area contributed by atoms with Crippen LogP contribution in [0.25, 0.3) is 11.1 Å². The van der Waals surface area contributed by atoms with Gasteiger partial charge < -0.3 is 18.9 Å². The number of benzene rings is 3. The van der Waals surface area contributed by atoms with E-state index in [1.165, 1.54) is 6.92 Å². The first-order valence-corrected chi connectivity index (χ1v) is 9.38. The third-order valence-electron chi connectivity index (χ3n) is 4.21. The van der Waals surface area contributed by atoms with Crippen molar-refractivity contribution >= 4 is 11.9 Å². The molecule has 0 N–H and O–H groups in total. The van der Waals surface area contributed by atoms with Gasteiger partial charge in [0.15, 0.2) is 0 Å². The fourth-order valence-corrected chi connectivity index (χ4v) is 2.73. The van der Waals surface area contributed by atoms with E-state index in [9.17, 15) is 9.59 Å². The van der Waals surface area contributed by atoms with Crippen LogP contribution >= 0.6 is 0 Å². The highest BCUT2D eigenvalue weighted by Gasteiger charge is 2.08. The molecule has 0 radical (unpaired) electrons. The van der Waals surface area contributed by atoms with E-state index >= 15 is 0 Å². The molecule has 0 heterocycles. The van der Waals surface area contributed by atoms with Crippen molar-refractivity contribution in [2.45, 2.75) is 6.92 Å². The molecule has 0 aliphatic carbocycles. The summed E-state index contributed by atoms with van der Waals surface area (Å²) in [5.74, 6) is 1.14. The van der Waals surface area contributed by atoms with Gasteiger partial charge in [0.25, 0.3) is 0 Å². The minimum Gasteiger partial charge on any atom is -0.497 e. The van der Waals surface area contributed by atoms with Crippen LogP contribution in [0.5, 0.6) is 17.2 Å². The van der Waals surface area contributed by atoms with Crippen molar-refractivity contribution < 1.29 is 28.5 Å². The number of rotatable bonds is 8. The van der Waals surface area contributed by atoms with Crippen LogP contribution in [0.15, 0.2) is 72.8 Å². The van der Waals surface area contributed by atoms with Gasteiger partial charge in [-0.25, -0.2) is 4.79 Å². The molecule has 3 rings (SSSR count). The quantitative estimate of drug-likeness (QED) is 0.311. The molecule has 0 unspecified atom stereocenters. The van der Waals surface area contributed by atoms with E-state index in [0.29, 0.717) is 17.1 Å². The van der Waals surface area contributed by atoms with Gasteiger partial charge in [-0.05, 0) is 59.7 Å². The molecule has 6 heteroatoms. The molecule has 0 fully saturated rings. The average Bonchev–Trinajstić information content (AvgIpc) is 2.77. The van der Waals surface area contributed by atoms with E-state index in [0.717, 1.165) is 16.9 Å². The molecule has 0 aliphatic heterocycles. The van der Waals surface area contributed by atoms with Crippen LogP contribution in [0.3, 0.4) is 0 Å². The predicted molar refractivity (Wildman–Crippen MR) is 112 cm³/mol. The molecule has 0 spiro atoms. The van der Waals surface area contributed by atoms with E-state index in [-0.39, 0.29) is 19.2 Å². The molecule has 0 aliphatic rings. The second-order valence-electron chi connectivity index (χ2n) is 6.36. The maximum Gasteiger partial charge on any atom is 0.338 e. The van der Waals surface area contributed by atoms with Gasteiger partial charge in [0, 0.05) is 6.92 Å². The number of carbonyl (C=O) groups is 2. The summed E-state index contributed by atoms with van der Waals surface area (Å²) in [4.78, 5) is 23.2. The highest BCUT2D eigenvalue weighted by atomic mass is 16.6. The van der Waals surface area contributed by atoms with E-state index in [2.05, 4.69) is 0 Å². The zero-order valence-corrected chi connectivity index (χ0v) is 16.8. The molecule has 0 aromatic heterocycles. The highest BCUT2D eigenvalue weighted by Crippen LogP contribution is 2.23. The Bertz CT molecular complexity index is 976. The first kappa shape index (κ1) is 20.9. The number of carbonyl (C=O) groups excluding carboxylic acids is 2. The van der Waals surface area contributed by atoms with Crippen molar-refractivity contribution in [3.05, 3.63) is 78.4 Å². The number of esters is 2. The Morgan fingerprint density at radius 3 is 1.80 bits per heavy atom. The van der Waals surface area contributed by atoms with Gasteiger partial charge in [0.1, 0.15) is 30.5 Å². The summed E-state index contributed by atoms with van der Waals surface area (Å²) >= 11 is 0. The molecule has 3 aromatic carbocycles. The van der Waals surface area contributed by atoms with E-state index in [1.54, 1.807) is 55.6 Å². The van der Waals surface area contributed by atoms with Crippen LogP contribution in [0, 0.1) is 0 Å². The van der Waals surface area contributed by atoms with Gasteiger partial charge in [-0.15, -0.1) is 0 Å². The standard InChI is InChI=1S/C24H22O6/c1-17(25)30-23-9-7-19(8-10-23)18-3-5-20(6-4-18)24(26)29-16-15-28-22-13-11-21(27-2)12-14-22/h3-14H,15-16H2,1-2H3. The molecule has 154 valence electrons. The second-order valence-corrected chi connectivity index (χ2v) is 6.36. The molecule has 0 saturated carbocycles. The lowest BCUT2D eigenvalue weighted by Crippen LogP contribution is -2.12. The van der Waals surface area contributed by atoms with Crippen molar-refractivity contribution in [3.8, 4) is 28.4 Å². The Kier molecular flexibility index (Phi) is 7.05. The zero-order valence-electron chi connectivity index (χ0n) is 16.8. The zero-order chi connectivity index (χ0) is 21.3. The van der Waals surface area contributed by atoms with Gasteiger partial charge >= 0.3 is 11.9 Å². The first-order valence-electron chi connectivity index (χ1n) is 9.38. The van der Waals surface area contributed by atoms with Crippen LogP contribution in [0.2, 0.25) is 0 Å². The van der Waals surface area contributed by atoms with Crippen molar-refractivity contribution in [2.75, 3.05) is 20.3 Å². The minimum absolute atomic E-state index is 0.143. The first-order chi connectivity index (χ1) is 14.5. The lowest BCUT2D eigenvalue weighted by atomic mass is 10.0. The number of hydrogen-bond donors (Lipinski definition) is 0. The van der Waals surface area contributed by atoms with Gasteiger partial charge in [-0.1, -0.05) is 24.3 Å². The molecule has 0 amide bonds. The molecule has 6 nitrogen and oxygen atoms in total. The van der Waals surface area contributed by atoms with Crippen LogP contribution < -0.4 is 14.2 Å².